The van der Waals surface area contributed by atoms with Gasteiger partial charge < -0.3 is 5.32 Å². The van der Waals surface area contributed by atoms with E-state index in [1.54, 1.807) is 18.3 Å². The third-order valence-corrected chi connectivity index (χ3v) is 5.34. The summed E-state index contributed by atoms with van der Waals surface area (Å²) in [4.78, 5) is 31.9. The minimum Gasteiger partial charge on any atom is -0.362 e. The molecule has 1 saturated heterocycles. The lowest BCUT2D eigenvalue weighted by Crippen LogP contribution is -2.17. The van der Waals surface area contributed by atoms with Crippen LogP contribution < -0.4 is 10.6 Å². The van der Waals surface area contributed by atoms with Crippen LogP contribution in [-0.2, 0) is 4.79 Å². The Hall–Kier alpha value is -3.52. The van der Waals surface area contributed by atoms with Gasteiger partial charge in [-0.05, 0) is 36.4 Å². The van der Waals surface area contributed by atoms with E-state index in [-0.39, 0.29) is 22.1 Å². The number of halogens is 1. The van der Waals surface area contributed by atoms with Gasteiger partial charge in [-0.2, -0.15) is 0 Å². The fourth-order valence-electron chi connectivity index (χ4n) is 3.03. The Kier molecular flexibility index (Phi) is 5.58. The first kappa shape index (κ1) is 19.8. The molecule has 1 aromatic heterocycles. The van der Waals surface area contributed by atoms with Crippen molar-refractivity contribution in [1.29, 1.82) is 0 Å². The van der Waals surface area contributed by atoms with Crippen molar-refractivity contribution in [2.45, 2.75) is 13.0 Å². The SMILES string of the molecule is C[C@H](Nc1cncc(-c2cccc(/C=C3/SC(=O)NC3=O)c2F)n1)c1ccccc1. The number of hydrogen-bond donors (Lipinski definition) is 2. The zero-order valence-electron chi connectivity index (χ0n) is 15.9. The van der Waals surface area contributed by atoms with Gasteiger partial charge >= 0.3 is 0 Å². The summed E-state index contributed by atoms with van der Waals surface area (Å²) >= 11 is 0.743. The topological polar surface area (TPSA) is 84.0 Å². The van der Waals surface area contributed by atoms with Crippen molar-refractivity contribution >= 4 is 34.8 Å². The van der Waals surface area contributed by atoms with Crippen LogP contribution in [0.1, 0.15) is 24.1 Å². The van der Waals surface area contributed by atoms with Crippen LogP contribution >= 0.6 is 11.8 Å². The molecule has 6 nitrogen and oxygen atoms in total. The number of carbonyl (C=O) groups is 2. The lowest BCUT2D eigenvalue weighted by atomic mass is 10.1. The van der Waals surface area contributed by atoms with Crippen molar-refractivity contribution < 1.29 is 14.0 Å². The average molecular weight is 420 g/mol. The van der Waals surface area contributed by atoms with Crippen molar-refractivity contribution in [3.8, 4) is 11.3 Å². The highest BCUT2D eigenvalue weighted by Crippen LogP contribution is 2.30. The van der Waals surface area contributed by atoms with Gasteiger partial charge in [-0.3, -0.25) is 19.9 Å². The molecule has 0 radical (unpaired) electrons. The Bertz CT molecular complexity index is 1150. The number of thioether (sulfide) groups is 1. The van der Waals surface area contributed by atoms with Crippen LogP contribution in [0, 0.1) is 5.82 Å². The molecular formula is C22H17FN4O2S. The molecule has 2 amide bonds. The summed E-state index contributed by atoms with van der Waals surface area (Å²) in [6.45, 7) is 2.00. The van der Waals surface area contributed by atoms with E-state index in [4.69, 9.17) is 0 Å². The summed E-state index contributed by atoms with van der Waals surface area (Å²) in [7, 11) is 0. The van der Waals surface area contributed by atoms with Gasteiger partial charge in [-0.15, -0.1) is 0 Å². The van der Waals surface area contributed by atoms with Gasteiger partial charge in [0.1, 0.15) is 11.6 Å². The fourth-order valence-corrected chi connectivity index (χ4v) is 3.71. The number of amides is 2. The number of hydrogen-bond acceptors (Lipinski definition) is 6. The maximum atomic E-state index is 15.1. The zero-order valence-corrected chi connectivity index (χ0v) is 16.7. The minimum absolute atomic E-state index is 0.00731. The molecule has 0 aliphatic carbocycles. The first-order chi connectivity index (χ1) is 14.5. The van der Waals surface area contributed by atoms with E-state index in [1.807, 2.05) is 37.3 Å². The second-order valence-corrected chi connectivity index (χ2v) is 7.64. The summed E-state index contributed by atoms with van der Waals surface area (Å²) in [6, 6.07) is 14.7. The molecule has 0 saturated carbocycles. The summed E-state index contributed by atoms with van der Waals surface area (Å²) in [5.41, 5.74) is 1.89. The van der Waals surface area contributed by atoms with Crippen LogP contribution in [0.25, 0.3) is 17.3 Å². The second-order valence-electron chi connectivity index (χ2n) is 6.63. The number of carbonyl (C=O) groups excluding carboxylic acids is 2. The van der Waals surface area contributed by atoms with E-state index in [0.29, 0.717) is 11.5 Å². The van der Waals surface area contributed by atoms with Gasteiger partial charge in [0, 0.05) is 17.2 Å². The highest BCUT2D eigenvalue weighted by molar-refractivity contribution is 8.18. The Morgan fingerprint density at radius 3 is 2.63 bits per heavy atom. The molecule has 1 aliphatic heterocycles. The van der Waals surface area contributed by atoms with Crippen LogP contribution in [0.2, 0.25) is 0 Å². The second kappa shape index (κ2) is 8.46. The van der Waals surface area contributed by atoms with E-state index >= 15 is 4.39 Å². The monoisotopic (exact) mass is 420 g/mol. The zero-order chi connectivity index (χ0) is 21.1. The molecule has 2 heterocycles. The first-order valence-electron chi connectivity index (χ1n) is 9.18. The predicted molar refractivity (Wildman–Crippen MR) is 115 cm³/mol. The highest BCUT2D eigenvalue weighted by atomic mass is 32.2. The number of imide groups is 1. The Labute approximate surface area is 176 Å². The predicted octanol–water partition coefficient (Wildman–Crippen LogP) is 4.78. The summed E-state index contributed by atoms with van der Waals surface area (Å²) in [6.07, 6.45) is 4.42. The minimum atomic E-state index is -0.541. The average Bonchev–Trinajstić information content (AvgIpc) is 3.07. The van der Waals surface area contributed by atoms with Crippen LogP contribution in [0.3, 0.4) is 0 Å². The summed E-state index contributed by atoms with van der Waals surface area (Å²) in [5.74, 6) is -0.556. The lowest BCUT2D eigenvalue weighted by Gasteiger charge is -2.15. The lowest BCUT2D eigenvalue weighted by molar-refractivity contribution is -0.115. The standard InChI is InChI=1S/C22H17FN4O2S/c1-13(14-6-3-2-4-7-14)25-19-12-24-11-17(26-19)16-9-5-8-15(20(16)23)10-18-21(28)27-22(29)30-18/h2-13H,1H3,(H,25,26)(H,27,28,29)/b18-10+/t13-/m0/s1. The molecule has 30 heavy (non-hydrogen) atoms. The van der Waals surface area contributed by atoms with E-state index in [0.717, 1.165) is 17.3 Å². The molecule has 2 N–H and O–H groups in total. The molecule has 3 aromatic rings. The smallest absolute Gasteiger partial charge is 0.290 e. The van der Waals surface area contributed by atoms with Crippen molar-refractivity contribution in [2.75, 3.05) is 5.32 Å². The van der Waals surface area contributed by atoms with Gasteiger partial charge in [0.15, 0.2) is 0 Å². The van der Waals surface area contributed by atoms with E-state index in [2.05, 4.69) is 20.6 Å². The molecule has 0 unspecified atom stereocenters. The molecule has 4 rings (SSSR count). The number of anilines is 1. The van der Waals surface area contributed by atoms with Crippen molar-refractivity contribution in [3.05, 3.63) is 82.8 Å². The normalized spacial score (nSPS) is 15.9. The Morgan fingerprint density at radius 1 is 1.10 bits per heavy atom. The van der Waals surface area contributed by atoms with E-state index < -0.39 is 17.0 Å². The molecule has 1 fully saturated rings. The largest absolute Gasteiger partial charge is 0.362 e. The van der Waals surface area contributed by atoms with Gasteiger partial charge in [0.25, 0.3) is 11.1 Å². The van der Waals surface area contributed by atoms with Gasteiger partial charge in [0.05, 0.1) is 23.0 Å². The van der Waals surface area contributed by atoms with E-state index in [1.165, 1.54) is 18.3 Å². The van der Waals surface area contributed by atoms with Gasteiger partial charge in [0.2, 0.25) is 0 Å². The van der Waals surface area contributed by atoms with Crippen LogP contribution in [0.15, 0.2) is 65.8 Å². The third-order valence-electron chi connectivity index (χ3n) is 4.53. The summed E-state index contributed by atoms with van der Waals surface area (Å²) < 4.78 is 15.1. The molecular weight excluding hydrogens is 403 g/mol. The Morgan fingerprint density at radius 2 is 1.90 bits per heavy atom. The van der Waals surface area contributed by atoms with Crippen LogP contribution in [0.4, 0.5) is 15.0 Å². The maximum Gasteiger partial charge on any atom is 0.290 e. The van der Waals surface area contributed by atoms with Crippen molar-refractivity contribution in [3.63, 3.8) is 0 Å². The first-order valence-corrected chi connectivity index (χ1v) is 10.00. The molecule has 1 atom stereocenters. The fraction of sp³-hybridized carbons (Fsp3) is 0.0909. The quantitative estimate of drug-likeness (QED) is 0.578. The summed E-state index contributed by atoms with van der Waals surface area (Å²) in [5, 5.41) is 4.95. The van der Waals surface area contributed by atoms with Gasteiger partial charge in [-0.25, -0.2) is 9.37 Å². The molecule has 1 aliphatic rings. The van der Waals surface area contributed by atoms with Crippen LogP contribution in [-0.4, -0.2) is 21.1 Å². The van der Waals surface area contributed by atoms with E-state index in [9.17, 15) is 9.59 Å². The molecule has 0 bridgehead atoms. The third kappa shape index (κ3) is 4.23. The maximum absolute atomic E-state index is 15.1. The molecule has 8 heteroatoms. The van der Waals surface area contributed by atoms with Crippen molar-refractivity contribution in [1.82, 2.24) is 15.3 Å². The molecule has 0 spiro atoms. The number of aromatic nitrogens is 2. The molecule has 2 aromatic carbocycles. The van der Waals surface area contributed by atoms with Crippen molar-refractivity contribution in [2.24, 2.45) is 0 Å². The number of benzene rings is 2. The Balaban J connectivity index is 1.62. The number of rotatable bonds is 5. The van der Waals surface area contributed by atoms with Crippen LogP contribution in [0.5, 0.6) is 0 Å². The number of nitrogens with one attached hydrogen (secondary N) is 2. The highest BCUT2D eigenvalue weighted by Gasteiger charge is 2.25. The molecule has 150 valence electrons. The van der Waals surface area contributed by atoms with Gasteiger partial charge in [-0.1, -0.05) is 42.5 Å². The number of nitrogens with zero attached hydrogens (tertiary/aromatic N) is 2.